The Kier molecular flexibility index (Phi) is 19.0. The van der Waals surface area contributed by atoms with Crippen LogP contribution in [0, 0.1) is 3.82 Å². The summed E-state index contributed by atoms with van der Waals surface area (Å²) in [5, 5.41) is 17.2. The SMILES string of the molecule is O=C(O)c1c(O)[nH]sc1=S.[H-].[H-].[H-].[K+].[K+].[K+]. The predicted molar refractivity (Wildman–Crippen MR) is 41.5 cm³/mol. The predicted octanol–water partition coefficient (Wildman–Crippen LogP) is -7.44. The summed E-state index contributed by atoms with van der Waals surface area (Å²) in [6.45, 7) is 0. The van der Waals surface area contributed by atoms with Crippen molar-refractivity contribution in [3.05, 3.63) is 9.39 Å². The first-order chi connectivity index (χ1) is 4.63. The summed E-state index contributed by atoms with van der Waals surface area (Å²) >= 11 is 5.51. The fraction of sp³-hybridized carbons (Fsp3) is 0. The molecule has 1 rings (SSSR count). The van der Waals surface area contributed by atoms with Gasteiger partial charge in [-0.05, 0) is 11.5 Å². The van der Waals surface area contributed by atoms with Crippen molar-refractivity contribution < 1.29 is 173 Å². The third-order valence-corrected chi connectivity index (χ3v) is 2.03. The van der Waals surface area contributed by atoms with Gasteiger partial charge in [0.15, 0.2) is 0 Å². The van der Waals surface area contributed by atoms with Crippen molar-refractivity contribution in [2.24, 2.45) is 0 Å². The molecule has 4 nitrogen and oxygen atoms in total. The number of hydrogen-bond acceptors (Lipinski definition) is 4. The molecule has 0 aliphatic heterocycles. The van der Waals surface area contributed by atoms with Gasteiger partial charge < -0.3 is 14.5 Å². The van der Waals surface area contributed by atoms with Gasteiger partial charge >= 0.3 is 160 Å². The van der Waals surface area contributed by atoms with Gasteiger partial charge in [-0.1, -0.05) is 12.2 Å². The van der Waals surface area contributed by atoms with Gasteiger partial charge in [0, 0.05) is 0 Å². The molecule has 0 amide bonds. The number of rotatable bonds is 1. The molecule has 0 aliphatic carbocycles. The summed E-state index contributed by atoms with van der Waals surface area (Å²) < 4.78 is 2.49. The van der Waals surface area contributed by atoms with Crippen molar-refractivity contribution in [2.75, 3.05) is 0 Å². The Balaban J connectivity index is -0.0000000417. The molecular formula is C4H6K3NO3S2. The fourth-order valence-electron chi connectivity index (χ4n) is 0.482. The molecule has 0 radical (unpaired) electrons. The molecule has 0 aliphatic rings. The first-order valence-electron chi connectivity index (χ1n) is 2.26. The van der Waals surface area contributed by atoms with Gasteiger partial charge in [0.1, 0.15) is 9.39 Å². The first-order valence-corrected chi connectivity index (χ1v) is 3.49. The molecule has 9 heteroatoms. The molecule has 3 N–H and O–H groups in total. The van der Waals surface area contributed by atoms with E-state index in [1.165, 1.54) is 0 Å². The number of carboxylic acids is 1. The second-order valence-electron chi connectivity index (χ2n) is 1.52. The topological polar surface area (TPSA) is 73.3 Å². The Morgan fingerprint density at radius 3 is 2.08 bits per heavy atom. The zero-order valence-corrected chi connectivity index (χ0v) is 18.6. The molecule has 0 saturated heterocycles. The molecule has 0 atom stereocenters. The fourth-order valence-corrected chi connectivity index (χ4v) is 1.37. The minimum atomic E-state index is -1.21. The Bertz CT molecular complexity index is 334. The number of aromatic carboxylic acids is 1. The van der Waals surface area contributed by atoms with Gasteiger partial charge in [0.2, 0.25) is 5.88 Å². The first kappa shape index (κ1) is 22.2. The maximum absolute atomic E-state index is 10.3. The van der Waals surface area contributed by atoms with E-state index in [0.29, 0.717) is 0 Å². The van der Waals surface area contributed by atoms with E-state index in [0.717, 1.165) is 11.5 Å². The van der Waals surface area contributed by atoms with Crippen LogP contribution in [0.15, 0.2) is 0 Å². The summed E-state index contributed by atoms with van der Waals surface area (Å²) in [6, 6.07) is 0. The van der Waals surface area contributed by atoms with Crippen LogP contribution in [0.3, 0.4) is 0 Å². The second kappa shape index (κ2) is 11.1. The summed E-state index contributed by atoms with van der Waals surface area (Å²) in [4.78, 5) is 10.3. The Morgan fingerprint density at radius 2 is 1.92 bits per heavy atom. The third-order valence-electron chi connectivity index (χ3n) is 0.895. The average molecular weight is 298 g/mol. The number of aromatic nitrogens is 1. The van der Waals surface area contributed by atoms with E-state index in [1.54, 1.807) is 0 Å². The third kappa shape index (κ3) is 7.13. The molecule has 0 bridgehead atoms. The van der Waals surface area contributed by atoms with Crippen LogP contribution in [-0.2, 0) is 0 Å². The van der Waals surface area contributed by atoms with Crippen molar-refractivity contribution in [2.45, 2.75) is 0 Å². The molecule has 1 heterocycles. The molecule has 1 aromatic rings. The average Bonchev–Trinajstić information content (AvgIpc) is 2.11. The zero-order chi connectivity index (χ0) is 7.72. The van der Waals surface area contributed by atoms with E-state index in [4.69, 9.17) is 10.2 Å². The van der Waals surface area contributed by atoms with Crippen LogP contribution in [0.25, 0.3) is 0 Å². The van der Waals surface area contributed by atoms with E-state index < -0.39 is 5.97 Å². The molecule has 0 unspecified atom stereocenters. The number of aromatic amines is 1. The van der Waals surface area contributed by atoms with Gasteiger partial charge in [0.25, 0.3) is 0 Å². The minimum Gasteiger partial charge on any atom is -1.00 e. The Labute approximate surface area is 216 Å². The molecular weight excluding hydrogens is 291 g/mol. The number of aromatic hydroxyl groups is 1. The van der Waals surface area contributed by atoms with Gasteiger partial charge in [-0.15, -0.1) is 0 Å². The summed E-state index contributed by atoms with van der Waals surface area (Å²) in [5.41, 5.74) is -0.222. The van der Waals surface area contributed by atoms with Crippen LogP contribution in [-0.4, -0.2) is 20.6 Å². The van der Waals surface area contributed by atoms with E-state index in [2.05, 4.69) is 16.6 Å². The second-order valence-corrected chi connectivity index (χ2v) is 3.00. The van der Waals surface area contributed by atoms with E-state index in [-0.39, 0.29) is 174 Å². The molecule has 60 valence electrons. The largest absolute Gasteiger partial charge is 1.00 e. The number of H-pyrrole nitrogens is 1. The molecule has 0 aromatic carbocycles. The molecule has 0 saturated carbocycles. The van der Waals surface area contributed by atoms with Crippen LogP contribution in [0.1, 0.15) is 14.6 Å². The smallest absolute Gasteiger partial charge is 1.00 e. The van der Waals surface area contributed by atoms with Crippen molar-refractivity contribution in [3.8, 4) is 5.88 Å². The summed E-state index contributed by atoms with van der Waals surface area (Å²) in [5.74, 6) is -1.58. The molecule has 0 fully saturated rings. The van der Waals surface area contributed by atoms with Crippen molar-refractivity contribution in [1.82, 2.24) is 4.37 Å². The molecule has 13 heavy (non-hydrogen) atoms. The quantitative estimate of drug-likeness (QED) is 0.356. The van der Waals surface area contributed by atoms with E-state index in [1.807, 2.05) is 0 Å². The standard InChI is InChI=1S/C4H3NO3S2.3K.3H/c6-2-1(3(7)8)4(9)10-5-2;;;;;;/h5-6H,(H,7,8);;;;;;/q;3*+1;3*-1. The van der Waals surface area contributed by atoms with Crippen LogP contribution in [0.5, 0.6) is 5.88 Å². The van der Waals surface area contributed by atoms with Crippen molar-refractivity contribution >= 4 is 29.7 Å². The van der Waals surface area contributed by atoms with Crippen LogP contribution >= 0.6 is 23.8 Å². The van der Waals surface area contributed by atoms with Gasteiger partial charge in [-0.3, -0.25) is 4.37 Å². The monoisotopic (exact) mass is 297 g/mol. The normalized spacial score (nSPS) is 7.38. The van der Waals surface area contributed by atoms with Gasteiger partial charge in [-0.2, -0.15) is 0 Å². The number of carbonyl (C=O) groups is 1. The van der Waals surface area contributed by atoms with Crippen LogP contribution < -0.4 is 154 Å². The van der Waals surface area contributed by atoms with Crippen LogP contribution in [0.4, 0.5) is 0 Å². The zero-order valence-electron chi connectivity index (χ0n) is 10.6. The van der Waals surface area contributed by atoms with Gasteiger partial charge in [0.05, 0.1) is 0 Å². The maximum atomic E-state index is 10.3. The van der Waals surface area contributed by atoms with E-state index >= 15 is 0 Å². The Hall–Kier alpha value is 4.03. The number of carboxylic acid groups (broad SMARTS) is 1. The maximum Gasteiger partial charge on any atom is 1.00 e. The van der Waals surface area contributed by atoms with Gasteiger partial charge in [-0.25, -0.2) is 4.79 Å². The van der Waals surface area contributed by atoms with Crippen molar-refractivity contribution in [3.63, 3.8) is 0 Å². The molecule has 1 aromatic heterocycles. The summed E-state index contributed by atoms with van der Waals surface area (Å²) in [7, 11) is 0. The van der Waals surface area contributed by atoms with E-state index in [9.17, 15) is 4.79 Å². The Morgan fingerprint density at radius 1 is 1.46 bits per heavy atom. The summed E-state index contributed by atoms with van der Waals surface area (Å²) in [6.07, 6.45) is 0. The van der Waals surface area contributed by atoms with Crippen molar-refractivity contribution in [1.29, 1.82) is 0 Å². The molecule has 0 spiro atoms. The number of nitrogens with one attached hydrogen (secondary N) is 1. The minimum absolute atomic E-state index is 0. The number of hydrogen-bond donors (Lipinski definition) is 3. The van der Waals surface area contributed by atoms with Crippen LogP contribution in [0.2, 0.25) is 0 Å².